The van der Waals surface area contributed by atoms with Gasteiger partial charge < -0.3 is 72.6 Å². The molecule has 13 N–H and O–H groups in total. The van der Waals surface area contributed by atoms with Crippen LogP contribution in [0.3, 0.4) is 0 Å². The van der Waals surface area contributed by atoms with E-state index in [1.54, 1.807) is 19.1 Å². The Bertz CT molecular complexity index is 1910. The molecule has 358 valence electrons. The van der Waals surface area contributed by atoms with Gasteiger partial charge in [0, 0.05) is 26.2 Å². The van der Waals surface area contributed by atoms with Gasteiger partial charge in [-0.15, -0.1) is 0 Å². The summed E-state index contributed by atoms with van der Waals surface area (Å²) < 4.78 is 33.4. The highest BCUT2D eigenvalue weighted by molar-refractivity contribution is 6.31. The lowest BCUT2D eigenvalue weighted by Gasteiger charge is -2.10. The third kappa shape index (κ3) is 25.0. The fourth-order valence-electron chi connectivity index (χ4n) is 5.29. The summed E-state index contributed by atoms with van der Waals surface area (Å²) in [5.74, 6) is 0.823. The van der Waals surface area contributed by atoms with E-state index in [1.807, 2.05) is 36.4 Å². The number of nitrogens with one attached hydrogen (secondary N) is 5. The summed E-state index contributed by atoms with van der Waals surface area (Å²) in [6.45, 7) is 8.31. The van der Waals surface area contributed by atoms with Crippen molar-refractivity contribution in [2.24, 2.45) is 21.5 Å². The lowest BCUT2D eigenvalue weighted by molar-refractivity contribution is 0.0377. The molecule has 0 saturated carbocycles. The fraction of sp³-hybridized carbons (Fsp3) is 0.500. The highest BCUT2D eigenvalue weighted by Gasteiger charge is 2.16. The second-order valence-corrected chi connectivity index (χ2v) is 14.3. The van der Waals surface area contributed by atoms with Crippen molar-refractivity contribution >= 4 is 53.0 Å². The van der Waals surface area contributed by atoms with E-state index in [0.717, 1.165) is 42.6 Å². The number of aromatic nitrogens is 2. The molecule has 0 aliphatic carbocycles. The van der Waals surface area contributed by atoms with Crippen LogP contribution >= 0.6 is 11.6 Å². The number of nitrogen functional groups attached to an aromatic ring is 2. The van der Waals surface area contributed by atoms with Crippen LogP contribution in [-0.4, -0.2) is 132 Å². The molecule has 0 radical (unpaired) electrons. The van der Waals surface area contributed by atoms with E-state index in [2.05, 4.69) is 46.5 Å². The largest absolute Gasteiger partial charge is 0.491 e. The van der Waals surface area contributed by atoms with Crippen molar-refractivity contribution in [1.29, 1.82) is 0 Å². The van der Waals surface area contributed by atoms with E-state index in [9.17, 15) is 14.4 Å². The number of urea groups is 2. The molecule has 1 heterocycles. The summed E-state index contributed by atoms with van der Waals surface area (Å²) in [5, 5.41) is 13.4. The molecule has 0 atom stereocenters. The minimum atomic E-state index is -0.721. The van der Waals surface area contributed by atoms with Crippen molar-refractivity contribution in [3.8, 4) is 11.5 Å². The summed E-state index contributed by atoms with van der Waals surface area (Å²) in [6, 6.07) is 14.4. The maximum absolute atomic E-state index is 12.4. The smallest absolute Gasteiger partial charge is 0.314 e. The molecule has 0 spiro atoms. The molecule has 0 aliphatic heterocycles. The third-order valence-electron chi connectivity index (χ3n) is 8.63. The van der Waals surface area contributed by atoms with Crippen molar-refractivity contribution in [3.63, 3.8) is 0 Å². The van der Waals surface area contributed by atoms with Crippen molar-refractivity contribution < 1.29 is 42.8 Å². The van der Waals surface area contributed by atoms with Crippen LogP contribution in [0.15, 0.2) is 58.5 Å². The molecule has 3 rings (SSSR count). The fourth-order valence-corrected chi connectivity index (χ4v) is 5.41. The predicted molar refractivity (Wildman–Crippen MR) is 248 cm³/mol. The zero-order valence-electron chi connectivity index (χ0n) is 36.9. The number of amides is 5. The van der Waals surface area contributed by atoms with E-state index < -0.39 is 5.91 Å². The van der Waals surface area contributed by atoms with Gasteiger partial charge in [0.25, 0.3) is 5.91 Å². The van der Waals surface area contributed by atoms with E-state index >= 15 is 0 Å². The van der Waals surface area contributed by atoms with Crippen LogP contribution in [0.25, 0.3) is 0 Å². The quantitative estimate of drug-likeness (QED) is 0.0246. The number of unbranched alkanes of at least 4 members (excludes halogenated alkanes) is 3. The minimum Gasteiger partial charge on any atom is -0.491 e. The number of halogens is 1. The van der Waals surface area contributed by atoms with Gasteiger partial charge in [-0.05, 0) is 55.2 Å². The minimum absolute atomic E-state index is 0.0907. The summed E-state index contributed by atoms with van der Waals surface area (Å²) in [6.07, 6.45) is 3.53. The van der Waals surface area contributed by atoms with Gasteiger partial charge in [0.05, 0.1) is 71.8 Å². The number of rotatable bonds is 32. The number of guanidine groups is 1. The van der Waals surface area contributed by atoms with Crippen LogP contribution in [-0.2, 0) is 32.0 Å². The zero-order chi connectivity index (χ0) is 46.9. The number of aliphatic imine (C=N–C) groups is 2. The molecule has 65 heavy (non-hydrogen) atoms. The number of nitrogens with two attached hydrogens (primary N) is 4. The van der Waals surface area contributed by atoms with Gasteiger partial charge in [-0.3, -0.25) is 15.1 Å². The van der Waals surface area contributed by atoms with E-state index in [0.29, 0.717) is 110 Å². The molecule has 0 saturated heterocycles. The zero-order valence-corrected chi connectivity index (χ0v) is 37.7. The molecule has 3 aromatic rings. The first-order valence-electron chi connectivity index (χ1n) is 21.2. The van der Waals surface area contributed by atoms with Gasteiger partial charge >= 0.3 is 12.1 Å². The molecule has 0 unspecified atom stereocenters. The molecule has 0 aliphatic rings. The maximum Gasteiger partial charge on any atom is 0.314 e. The van der Waals surface area contributed by atoms with Gasteiger partial charge in [-0.1, -0.05) is 48.7 Å². The Morgan fingerprint density at radius 2 is 1.00 bits per heavy atom. The Kier molecular flexibility index (Phi) is 26.5. The van der Waals surface area contributed by atoms with Gasteiger partial charge in [0.15, 0.2) is 28.4 Å². The molecular weight excluding hydrogens is 866 g/mol. The standard InChI is InChI=1S/C42H64ClN13O9/c1-30(44)52-28-31-6-10-33(11-7-31)64-26-24-62-22-20-60-18-16-50-41(58)48-14-4-2-3-5-15-49-42(59)51-17-19-61-21-23-63-25-27-65-34-12-8-32(9-13-34)29-53-40(47)56-39(57)35-37(45)55-38(46)36(43)54-35/h6-13H,2-5,14-29H2,1H3,(H2,44,52)(H4,45,46,55)(H2,48,50,58)(H2,49,51,59)(H3,47,53,56,57). The van der Waals surface area contributed by atoms with E-state index in [1.165, 1.54) is 0 Å². The lowest BCUT2D eigenvalue weighted by atomic mass is 10.2. The van der Waals surface area contributed by atoms with Crippen LogP contribution < -0.4 is 59.0 Å². The average Bonchev–Trinajstić information content (AvgIpc) is 3.29. The summed E-state index contributed by atoms with van der Waals surface area (Å²) in [5.41, 5.74) is 24.3. The Morgan fingerprint density at radius 1 is 0.569 bits per heavy atom. The maximum atomic E-state index is 12.4. The average molecular weight is 931 g/mol. The third-order valence-corrected chi connectivity index (χ3v) is 8.90. The Morgan fingerprint density at radius 3 is 1.48 bits per heavy atom. The monoisotopic (exact) mass is 929 g/mol. The number of amidine groups is 1. The first kappa shape index (κ1) is 53.1. The number of ether oxygens (including phenoxy) is 6. The molecule has 23 heteroatoms. The summed E-state index contributed by atoms with van der Waals surface area (Å²) in [4.78, 5) is 52.3. The van der Waals surface area contributed by atoms with Gasteiger partial charge in [0.2, 0.25) is 0 Å². The van der Waals surface area contributed by atoms with Gasteiger partial charge in [-0.25, -0.2) is 24.5 Å². The number of carbonyl (C=O) groups is 3. The molecule has 0 bridgehead atoms. The van der Waals surface area contributed by atoms with E-state index in [-0.39, 0.29) is 47.0 Å². The molecule has 2 aromatic carbocycles. The number of nitrogens with zero attached hydrogens (tertiary/aromatic N) is 4. The second kappa shape index (κ2) is 32.5. The lowest BCUT2D eigenvalue weighted by Crippen LogP contribution is -2.38. The summed E-state index contributed by atoms with van der Waals surface area (Å²) >= 11 is 5.82. The van der Waals surface area contributed by atoms with E-state index in [4.69, 9.17) is 63.0 Å². The number of benzene rings is 2. The van der Waals surface area contributed by atoms with Gasteiger partial charge in [0.1, 0.15) is 24.7 Å². The first-order valence-corrected chi connectivity index (χ1v) is 21.6. The van der Waals surface area contributed by atoms with Crippen molar-refractivity contribution in [2.45, 2.75) is 45.7 Å². The summed E-state index contributed by atoms with van der Waals surface area (Å²) in [7, 11) is 0. The van der Waals surface area contributed by atoms with Crippen LogP contribution in [0.2, 0.25) is 5.15 Å². The van der Waals surface area contributed by atoms with Crippen molar-refractivity contribution in [3.05, 3.63) is 70.5 Å². The normalized spacial score (nSPS) is 11.5. The number of hydrogen-bond donors (Lipinski definition) is 9. The molecule has 1 aromatic heterocycles. The number of hydrogen-bond acceptors (Lipinski definition) is 15. The molecule has 0 fully saturated rings. The Hall–Kier alpha value is -6.20. The molecular formula is C42H64ClN13O9. The Labute approximate surface area is 384 Å². The Balaban J connectivity index is 1.03. The topological polar surface area (TPSA) is 321 Å². The first-order chi connectivity index (χ1) is 31.5. The van der Waals surface area contributed by atoms with Crippen LogP contribution in [0.5, 0.6) is 11.5 Å². The molecule has 22 nitrogen and oxygen atoms in total. The van der Waals surface area contributed by atoms with Crippen LogP contribution in [0.4, 0.5) is 21.2 Å². The van der Waals surface area contributed by atoms with Crippen LogP contribution in [0.1, 0.15) is 54.2 Å². The van der Waals surface area contributed by atoms with Crippen molar-refractivity contribution in [1.82, 2.24) is 36.6 Å². The SMILES string of the molecule is CC(N)=NCc1ccc(OCCOCCOCCNC(=O)NCCCCCCNC(=O)NCCOCCOCCOc2ccc(CN=C(N)NC(=O)c3nc(Cl)c(N)nc3N)cc2)cc1. The second-order valence-electron chi connectivity index (χ2n) is 14.0. The van der Waals surface area contributed by atoms with Gasteiger partial charge in [-0.2, -0.15) is 0 Å². The van der Waals surface area contributed by atoms with Crippen molar-refractivity contribution in [2.75, 3.05) is 104 Å². The number of carbonyl (C=O) groups excluding carboxylic acids is 3. The number of anilines is 2. The van der Waals surface area contributed by atoms with Crippen LogP contribution in [0, 0.1) is 0 Å². The highest BCUT2D eigenvalue weighted by atomic mass is 35.5. The highest BCUT2D eigenvalue weighted by Crippen LogP contribution is 2.17. The molecule has 5 amide bonds. The predicted octanol–water partition coefficient (Wildman–Crippen LogP) is 2.10.